The second-order valence-corrected chi connectivity index (χ2v) is 6.25. The maximum absolute atomic E-state index is 12.6. The molecular formula is C17H20N4O2. The van der Waals surface area contributed by atoms with Crippen LogP contribution in [0.2, 0.25) is 0 Å². The van der Waals surface area contributed by atoms with E-state index in [1.807, 2.05) is 6.20 Å². The Bertz CT molecular complexity index is 686. The molecule has 2 aliphatic rings. The van der Waals surface area contributed by atoms with Crippen LogP contribution in [0.4, 0.5) is 0 Å². The summed E-state index contributed by atoms with van der Waals surface area (Å²) < 4.78 is 7.56. The van der Waals surface area contributed by atoms with Gasteiger partial charge in [-0.1, -0.05) is 0 Å². The third-order valence-electron chi connectivity index (χ3n) is 4.87. The van der Waals surface area contributed by atoms with E-state index in [1.54, 1.807) is 35.4 Å². The normalized spacial score (nSPS) is 26.7. The summed E-state index contributed by atoms with van der Waals surface area (Å²) in [4.78, 5) is 20.9. The van der Waals surface area contributed by atoms with Gasteiger partial charge < -0.3 is 10.1 Å². The molecule has 23 heavy (non-hydrogen) atoms. The minimum Gasteiger partial charge on any atom is -0.378 e. The summed E-state index contributed by atoms with van der Waals surface area (Å²) in [6.45, 7) is 0.821. The van der Waals surface area contributed by atoms with E-state index in [0.717, 1.165) is 32.3 Å². The maximum atomic E-state index is 12.6. The molecule has 0 aromatic carbocycles. The SMILES string of the molecule is O=C(NC1CCCC2OCCC12)c1ccnc(-n2ccnc2)c1. The zero-order valence-corrected chi connectivity index (χ0v) is 12.9. The van der Waals surface area contributed by atoms with E-state index in [9.17, 15) is 4.79 Å². The number of carbonyl (C=O) groups excluding carboxylic acids is 1. The number of rotatable bonds is 3. The van der Waals surface area contributed by atoms with Crippen LogP contribution in [0.15, 0.2) is 37.1 Å². The highest BCUT2D eigenvalue weighted by Crippen LogP contribution is 2.34. The van der Waals surface area contributed by atoms with Crippen molar-refractivity contribution in [2.24, 2.45) is 5.92 Å². The molecule has 4 rings (SSSR count). The van der Waals surface area contributed by atoms with Gasteiger partial charge in [0.15, 0.2) is 0 Å². The van der Waals surface area contributed by atoms with Gasteiger partial charge >= 0.3 is 0 Å². The Kier molecular flexibility index (Phi) is 3.83. The number of aromatic nitrogens is 3. The molecule has 1 saturated carbocycles. The standard InChI is InChI=1S/C17H20N4O2/c22-17(20-14-2-1-3-15-13(14)5-9-23-15)12-4-6-19-16(10-12)21-8-7-18-11-21/h4,6-8,10-11,13-15H,1-3,5,9H2,(H,20,22). The first-order chi connectivity index (χ1) is 11.3. The quantitative estimate of drug-likeness (QED) is 0.940. The van der Waals surface area contributed by atoms with Crippen LogP contribution in [0.3, 0.4) is 0 Å². The largest absolute Gasteiger partial charge is 0.378 e. The summed E-state index contributed by atoms with van der Waals surface area (Å²) in [6.07, 6.45) is 11.5. The van der Waals surface area contributed by atoms with E-state index in [2.05, 4.69) is 15.3 Å². The van der Waals surface area contributed by atoms with E-state index in [0.29, 0.717) is 23.4 Å². The average molecular weight is 312 g/mol. The van der Waals surface area contributed by atoms with Crippen LogP contribution in [-0.2, 0) is 4.74 Å². The van der Waals surface area contributed by atoms with Gasteiger partial charge in [0.1, 0.15) is 12.1 Å². The predicted octanol–water partition coefficient (Wildman–Crippen LogP) is 1.95. The molecule has 6 nitrogen and oxygen atoms in total. The molecule has 1 N–H and O–H groups in total. The summed E-state index contributed by atoms with van der Waals surface area (Å²) in [5.41, 5.74) is 0.629. The molecule has 6 heteroatoms. The van der Waals surface area contributed by atoms with Crippen molar-refractivity contribution in [2.45, 2.75) is 37.8 Å². The molecule has 120 valence electrons. The number of fused-ring (bicyclic) bond motifs is 1. The van der Waals surface area contributed by atoms with Crippen LogP contribution in [0.1, 0.15) is 36.0 Å². The van der Waals surface area contributed by atoms with Crippen LogP contribution >= 0.6 is 0 Å². The van der Waals surface area contributed by atoms with E-state index >= 15 is 0 Å². The molecule has 1 aliphatic heterocycles. The van der Waals surface area contributed by atoms with Gasteiger partial charge in [0, 0.05) is 42.7 Å². The van der Waals surface area contributed by atoms with Crippen molar-refractivity contribution in [1.29, 1.82) is 0 Å². The van der Waals surface area contributed by atoms with E-state index in [4.69, 9.17) is 4.74 Å². The van der Waals surface area contributed by atoms with Crippen molar-refractivity contribution in [2.75, 3.05) is 6.61 Å². The molecule has 0 radical (unpaired) electrons. The summed E-state index contributed by atoms with van der Waals surface area (Å²) in [5, 5.41) is 3.21. The van der Waals surface area contributed by atoms with Gasteiger partial charge in [-0.15, -0.1) is 0 Å². The zero-order valence-electron chi connectivity index (χ0n) is 12.9. The number of pyridine rings is 1. The second kappa shape index (κ2) is 6.12. The number of hydrogen-bond donors (Lipinski definition) is 1. The number of amides is 1. The Hall–Kier alpha value is -2.21. The van der Waals surface area contributed by atoms with Gasteiger partial charge in [-0.2, -0.15) is 0 Å². The molecule has 3 heterocycles. The maximum Gasteiger partial charge on any atom is 0.251 e. The lowest BCUT2D eigenvalue weighted by atomic mass is 9.81. The van der Waals surface area contributed by atoms with Gasteiger partial charge in [0.05, 0.1) is 6.10 Å². The Balaban J connectivity index is 1.50. The minimum absolute atomic E-state index is 0.0358. The lowest BCUT2D eigenvalue weighted by molar-refractivity contribution is 0.0510. The Morgan fingerprint density at radius 3 is 3.13 bits per heavy atom. The Morgan fingerprint density at radius 2 is 2.26 bits per heavy atom. The van der Waals surface area contributed by atoms with Crippen LogP contribution in [0, 0.1) is 5.92 Å². The summed E-state index contributed by atoms with van der Waals surface area (Å²) in [7, 11) is 0. The molecule has 2 fully saturated rings. The first-order valence-electron chi connectivity index (χ1n) is 8.18. The number of ether oxygens (including phenoxy) is 1. The number of imidazole rings is 1. The van der Waals surface area contributed by atoms with E-state index < -0.39 is 0 Å². The average Bonchev–Trinajstić information content (AvgIpc) is 3.27. The third-order valence-corrected chi connectivity index (χ3v) is 4.87. The van der Waals surface area contributed by atoms with Gasteiger partial charge in [0.25, 0.3) is 5.91 Å². The second-order valence-electron chi connectivity index (χ2n) is 6.25. The Morgan fingerprint density at radius 1 is 1.30 bits per heavy atom. The highest BCUT2D eigenvalue weighted by Gasteiger charge is 2.38. The number of nitrogens with zero attached hydrogens (tertiary/aromatic N) is 3. The lowest BCUT2D eigenvalue weighted by Crippen LogP contribution is -2.45. The molecule has 2 aromatic heterocycles. The smallest absolute Gasteiger partial charge is 0.251 e. The fourth-order valence-corrected chi connectivity index (χ4v) is 3.70. The number of nitrogens with one attached hydrogen (secondary N) is 1. The van der Waals surface area contributed by atoms with Gasteiger partial charge in [-0.05, 0) is 37.8 Å². The van der Waals surface area contributed by atoms with Crippen molar-refractivity contribution in [1.82, 2.24) is 19.9 Å². The summed E-state index contributed by atoms with van der Waals surface area (Å²) in [5.74, 6) is 1.12. The highest BCUT2D eigenvalue weighted by molar-refractivity contribution is 5.94. The first kappa shape index (κ1) is 14.4. The van der Waals surface area contributed by atoms with Gasteiger partial charge in [-0.3, -0.25) is 9.36 Å². The topological polar surface area (TPSA) is 69.0 Å². The number of carbonyl (C=O) groups is 1. The van der Waals surface area contributed by atoms with E-state index in [1.165, 1.54) is 0 Å². The highest BCUT2D eigenvalue weighted by atomic mass is 16.5. The fraction of sp³-hybridized carbons (Fsp3) is 0.471. The lowest BCUT2D eigenvalue weighted by Gasteiger charge is -2.33. The predicted molar refractivity (Wildman–Crippen MR) is 84.3 cm³/mol. The van der Waals surface area contributed by atoms with Crippen LogP contribution < -0.4 is 5.32 Å². The van der Waals surface area contributed by atoms with Crippen LogP contribution in [0.5, 0.6) is 0 Å². The molecule has 1 aliphatic carbocycles. The minimum atomic E-state index is -0.0358. The molecule has 3 atom stereocenters. The van der Waals surface area contributed by atoms with Crippen molar-refractivity contribution in [3.63, 3.8) is 0 Å². The third kappa shape index (κ3) is 2.86. The molecule has 2 aromatic rings. The fourth-order valence-electron chi connectivity index (χ4n) is 3.70. The van der Waals surface area contributed by atoms with E-state index in [-0.39, 0.29) is 11.9 Å². The summed E-state index contributed by atoms with van der Waals surface area (Å²) >= 11 is 0. The molecule has 0 bridgehead atoms. The summed E-state index contributed by atoms with van der Waals surface area (Å²) in [6, 6.07) is 3.76. The van der Waals surface area contributed by atoms with Crippen molar-refractivity contribution in [3.05, 3.63) is 42.6 Å². The molecule has 3 unspecified atom stereocenters. The van der Waals surface area contributed by atoms with Crippen LogP contribution in [0.25, 0.3) is 5.82 Å². The Labute approximate surface area is 134 Å². The van der Waals surface area contributed by atoms with Crippen molar-refractivity contribution >= 4 is 5.91 Å². The molecule has 0 spiro atoms. The monoisotopic (exact) mass is 312 g/mol. The van der Waals surface area contributed by atoms with Crippen LogP contribution in [-0.4, -0.2) is 39.2 Å². The zero-order chi connectivity index (χ0) is 15.6. The first-order valence-corrected chi connectivity index (χ1v) is 8.18. The molecular weight excluding hydrogens is 292 g/mol. The number of hydrogen-bond acceptors (Lipinski definition) is 4. The van der Waals surface area contributed by atoms with Crippen molar-refractivity contribution in [3.8, 4) is 5.82 Å². The molecule has 1 saturated heterocycles. The van der Waals surface area contributed by atoms with Gasteiger partial charge in [-0.25, -0.2) is 9.97 Å². The van der Waals surface area contributed by atoms with Crippen molar-refractivity contribution < 1.29 is 9.53 Å². The molecule has 1 amide bonds. The van der Waals surface area contributed by atoms with Gasteiger partial charge in [0.2, 0.25) is 0 Å².